The number of amides is 1. The molecule has 8 heteroatoms. The molecule has 0 unspecified atom stereocenters. The van der Waals surface area contributed by atoms with E-state index in [0.717, 1.165) is 56.0 Å². The van der Waals surface area contributed by atoms with Crippen molar-refractivity contribution in [1.29, 1.82) is 0 Å². The molecular weight excluding hydrogens is 468 g/mol. The average Bonchev–Trinajstić information content (AvgIpc) is 3.42. The van der Waals surface area contributed by atoms with Crippen LogP contribution in [0.3, 0.4) is 0 Å². The smallest absolute Gasteiger partial charge is 0.271 e. The highest BCUT2D eigenvalue weighted by atomic mass is 32.1. The number of hydrogen-bond donors (Lipinski definition) is 2. The number of fused-ring (bicyclic) bond motifs is 1. The van der Waals surface area contributed by atoms with Crippen LogP contribution in [0.4, 0.5) is 0 Å². The summed E-state index contributed by atoms with van der Waals surface area (Å²) in [6, 6.07) is 8.17. The van der Waals surface area contributed by atoms with E-state index in [-0.39, 0.29) is 23.0 Å². The third-order valence-electron chi connectivity index (χ3n) is 7.63. The van der Waals surface area contributed by atoms with Crippen molar-refractivity contribution in [2.45, 2.75) is 71.5 Å². The minimum absolute atomic E-state index is 0.0250. The SMILES string of the molecule is Cc1cc(C)c2[nH]nc(-c3nc(C(=O)NC4CC(C)(C)N(C)C(C)(C)C4)c(-c4cccnc4)s3)c2c1. The lowest BCUT2D eigenvalue weighted by atomic mass is 9.77. The van der Waals surface area contributed by atoms with Crippen LogP contribution in [0.25, 0.3) is 32.0 Å². The number of carbonyl (C=O) groups is 1. The van der Waals surface area contributed by atoms with Crippen molar-refractivity contribution in [3.8, 4) is 21.1 Å². The summed E-state index contributed by atoms with van der Waals surface area (Å²) in [5.41, 5.74) is 5.32. The van der Waals surface area contributed by atoms with Gasteiger partial charge in [0.15, 0.2) is 0 Å². The summed E-state index contributed by atoms with van der Waals surface area (Å²) in [6.45, 7) is 13.1. The Morgan fingerprint density at radius 2 is 1.89 bits per heavy atom. The number of nitrogens with one attached hydrogen (secondary N) is 2. The minimum Gasteiger partial charge on any atom is -0.348 e. The molecule has 1 aliphatic rings. The van der Waals surface area contributed by atoms with E-state index < -0.39 is 0 Å². The second-order valence-corrected chi connectivity index (χ2v) is 12.3. The van der Waals surface area contributed by atoms with Crippen LogP contribution >= 0.6 is 11.3 Å². The Hall–Kier alpha value is -3.10. The van der Waals surface area contributed by atoms with E-state index in [1.165, 1.54) is 11.3 Å². The van der Waals surface area contributed by atoms with Crippen molar-refractivity contribution in [2.75, 3.05) is 7.05 Å². The first-order chi connectivity index (χ1) is 17.0. The molecule has 0 aliphatic carbocycles. The summed E-state index contributed by atoms with van der Waals surface area (Å²) in [4.78, 5) is 26.1. The molecule has 1 amide bonds. The van der Waals surface area contributed by atoms with E-state index in [4.69, 9.17) is 4.98 Å². The van der Waals surface area contributed by atoms with E-state index >= 15 is 0 Å². The molecule has 0 bridgehead atoms. The quantitative estimate of drug-likeness (QED) is 0.371. The average molecular weight is 503 g/mol. The van der Waals surface area contributed by atoms with Gasteiger partial charge in [-0.05, 0) is 79.1 Å². The summed E-state index contributed by atoms with van der Waals surface area (Å²) in [5.74, 6) is -0.148. The molecule has 188 valence electrons. The zero-order chi connectivity index (χ0) is 25.8. The molecular formula is C28H34N6OS. The standard InChI is InChI=1S/C28H34N6OS/c1-16-11-17(2)21-20(12-16)22(33-32-21)26-31-23(24(36-26)18-9-8-10-29-15-18)25(35)30-19-13-27(3,4)34(7)28(5,6)14-19/h8-12,15,19H,13-14H2,1-7H3,(H,30,35)(H,32,33). The van der Waals surface area contributed by atoms with Crippen LogP contribution in [0.5, 0.6) is 0 Å². The van der Waals surface area contributed by atoms with Gasteiger partial charge in [0.05, 0.1) is 10.4 Å². The lowest BCUT2D eigenvalue weighted by Gasteiger charge is -2.53. The van der Waals surface area contributed by atoms with Crippen LogP contribution in [0.15, 0.2) is 36.7 Å². The largest absolute Gasteiger partial charge is 0.348 e. The van der Waals surface area contributed by atoms with Gasteiger partial charge in [0.1, 0.15) is 16.4 Å². The maximum Gasteiger partial charge on any atom is 0.271 e. The number of H-pyrrole nitrogens is 1. The molecule has 4 aromatic rings. The molecule has 1 saturated heterocycles. The molecule has 7 nitrogen and oxygen atoms in total. The van der Waals surface area contributed by atoms with Gasteiger partial charge in [-0.2, -0.15) is 5.10 Å². The fraction of sp³-hybridized carbons (Fsp3) is 0.429. The van der Waals surface area contributed by atoms with Crippen LogP contribution in [-0.4, -0.2) is 55.1 Å². The number of nitrogens with zero attached hydrogens (tertiary/aromatic N) is 4. The number of aromatic nitrogens is 4. The summed E-state index contributed by atoms with van der Waals surface area (Å²) >= 11 is 1.48. The first-order valence-electron chi connectivity index (χ1n) is 12.4. The van der Waals surface area contributed by atoms with Crippen molar-refractivity contribution in [2.24, 2.45) is 0 Å². The molecule has 1 fully saturated rings. The lowest BCUT2D eigenvalue weighted by Crippen LogP contribution is -2.62. The van der Waals surface area contributed by atoms with E-state index in [1.807, 2.05) is 12.1 Å². The Kier molecular flexibility index (Phi) is 6.00. The molecule has 0 atom stereocenters. The minimum atomic E-state index is -0.148. The molecule has 36 heavy (non-hydrogen) atoms. The van der Waals surface area contributed by atoms with Gasteiger partial charge < -0.3 is 5.32 Å². The zero-order valence-electron chi connectivity index (χ0n) is 22.1. The third kappa shape index (κ3) is 4.33. The normalized spacial score (nSPS) is 18.0. The maximum atomic E-state index is 13.7. The van der Waals surface area contributed by atoms with E-state index in [2.05, 4.69) is 86.1 Å². The highest BCUT2D eigenvalue weighted by Gasteiger charge is 2.43. The zero-order valence-corrected chi connectivity index (χ0v) is 22.9. The predicted molar refractivity (Wildman–Crippen MR) is 146 cm³/mol. The van der Waals surface area contributed by atoms with E-state index in [0.29, 0.717) is 5.69 Å². The van der Waals surface area contributed by atoms with Gasteiger partial charge in [0, 0.05) is 40.5 Å². The molecule has 0 radical (unpaired) electrons. The molecule has 1 aromatic carbocycles. The Balaban J connectivity index is 1.55. The van der Waals surface area contributed by atoms with Gasteiger partial charge in [-0.3, -0.25) is 19.8 Å². The number of hydrogen-bond acceptors (Lipinski definition) is 6. The van der Waals surface area contributed by atoms with Gasteiger partial charge in [0.2, 0.25) is 0 Å². The Morgan fingerprint density at radius 3 is 2.56 bits per heavy atom. The second kappa shape index (κ2) is 8.78. The molecule has 0 spiro atoms. The number of pyridine rings is 1. The van der Waals surface area contributed by atoms with Crippen molar-refractivity contribution >= 4 is 28.1 Å². The molecule has 2 N–H and O–H groups in total. The van der Waals surface area contributed by atoms with Crippen molar-refractivity contribution in [3.63, 3.8) is 0 Å². The number of rotatable bonds is 4. The van der Waals surface area contributed by atoms with Crippen LogP contribution in [0, 0.1) is 13.8 Å². The van der Waals surface area contributed by atoms with Gasteiger partial charge in [-0.25, -0.2) is 4.98 Å². The van der Waals surface area contributed by atoms with Crippen LogP contribution < -0.4 is 5.32 Å². The van der Waals surface area contributed by atoms with Crippen LogP contribution in [-0.2, 0) is 0 Å². The van der Waals surface area contributed by atoms with Gasteiger partial charge in [-0.15, -0.1) is 11.3 Å². The van der Waals surface area contributed by atoms with Crippen molar-refractivity contribution < 1.29 is 4.79 Å². The first kappa shape index (κ1) is 24.6. The second-order valence-electron chi connectivity index (χ2n) is 11.3. The maximum absolute atomic E-state index is 13.7. The molecule has 4 heterocycles. The summed E-state index contributed by atoms with van der Waals surface area (Å²) in [7, 11) is 2.17. The number of thiazole rings is 1. The number of aryl methyl sites for hydroxylation is 2. The topological polar surface area (TPSA) is 86.8 Å². The number of piperidine rings is 1. The van der Waals surface area contributed by atoms with E-state index in [9.17, 15) is 4.79 Å². The Labute approximate surface area is 216 Å². The highest BCUT2D eigenvalue weighted by Crippen LogP contribution is 2.39. The first-order valence-corrected chi connectivity index (χ1v) is 13.2. The van der Waals surface area contributed by atoms with Gasteiger partial charge >= 0.3 is 0 Å². The monoisotopic (exact) mass is 502 g/mol. The molecule has 0 saturated carbocycles. The Bertz CT molecular complexity index is 1420. The van der Waals surface area contributed by atoms with Crippen molar-refractivity contribution in [3.05, 3.63) is 53.5 Å². The molecule has 1 aliphatic heterocycles. The third-order valence-corrected chi connectivity index (χ3v) is 8.74. The highest BCUT2D eigenvalue weighted by molar-refractivity contribution is 7.18. The molecule has 5 rings (SSSR count). The number of benzene rings is 1. The summed E-state index contributed by atoms with van der Waals surface area (Å²) in [6.07, 6.45) is 5.27. The van der Waals surface area contributed by atoms with Crippen LogP contribution in [0.1, 0.15) is 62.2 Å². The Morgan fingerprint density at radius 1 is 1.17 bits per heavy atom. The summed E-state index contributed by atoms with van der Waals surface area (Å²) < 4.78 is 0. The molecule has 3 aromatic heterocycles. The predicted octanol–water partition coefficient (Wildman–Crippen LogP) is 5.75. The van der Waals surface area contributed by atoms with E-state index in [1.54, 1.807) is 12.4 Å². The number of carbonyl (C=O) groups excluding carboxylic acids is 1. The number of aromatic amines is 1. The van der Waals surface area contributed by atoms with Gasteiger partial charge in [0.25, 0.3) is 5.91 Å². The van der Waals surface area contributed by atoms with Gasteiger partial charge in [-0.1, -0.05) is 17.7 Å². The number of likely N-dealkylation sites (tertiary alicyclic amines) is 1. The fourth-order valence-corrected chi connectivity index (χ4v) is 6.69. The summed E-state index contributed by atoms with van der Waals surface area (Å²) in [5, 5.41) is 12.8. The fourth-order valence-electron chi connectivity index (χ4n) is 5.63. The van der Waals surface area contributed by atoms with Crippen LogP contribution in [0.2, 0.25) is 0 Å². The van der Waals surface area contributed by atoms with Crippen molar-refractivity contribution in [1.82, 2.24) is 30.4 Å². The lowest BCUT2D eigenvalue weighted by molar-refractivity contribution is -0.0169.